The number of pyridine rings is 1. The molecule has 2 aromatic rings. The number of carbonyl (C=O) groups excluding carboxylic acids is 1. The molecule has 0 saturated carbocycles. The summed E-state index contributed by atoms with van der Waals surface area (Å²) in [6.07, 6.45) is 5.54. The lowest BCUT2D eigenvalue weighted by Gasteiger charge is -2.35. The number of carbonyl (C=O) groups is 1. The molecule has 2 fully saturated rings. The molecule has 4 rings (SSSR count). The lowest BCUT2D eigenvalue weighted by atomic mass is 10.2. The van der Waals surface area contributed by atoms with Gasteiger partial charge in [-0.15, -0.1) is 0 Å². The summed E-state index contributed by atoms with van der Waals surface area (Å²) >= 11 is 6.01. The Morgan fingerprint density at radius 3 is 2.83 bits per heavy atom. The number of fused-ring (bicyclic) bond motifs is 1. The highest BCUT2D eigenvalue weighted by Crippen LogP contribution is 2.17. The average molecular weight is 349 g/mol. The number of rotatable bonds is 3. The summed E-state index contributed by atoms with van der Waals surface area (Å²) in [7, 11) is 0. The molecule has 2 aliphatic heterocycles. The van der Waals surface area contributed by atoms with Crippen molar-refractivity contribution >= 4 is 23.2 Å². The van der Waals surface area contributed by atoms with E-state index in [1.165, 1.54) is 0 Å². The number of nitrogens with zero attached hydrogens (tertiary/aromatic N) is 4. The van der Waals surface area contributed by atoms with Crippen LogP contribution < -0.4 is 0 Å². The third-order valence-corrected chi connectivity index (χ3v) is 4.96. The van der Waals surface area contributed by atoms with Gasteiger partial charge in [0.15, 0.2) is 0 Å². The number of aromatic nitrogens is 2. The van der Waals surface area contributed by atoms with Crippen LogP contribution in [0.4, 0.5) is 0 Å². The van der Waals surface area contributed by atoms with Gasteiger partial charge in [-0.25, -0.2) is 4.98 Å². The second-order valence-corrected chi connectivity index (χ2v) is 6.88. The van der Waals surface area contributed by atoms with Gasteiger partial charge >= 0.3 is 0 Å². The summed E-state index contributed by atoms with van der Waals surface area (Å²) in [5, 5.41) is 0.702. The molecule has 1 unspecified atom stereocenters. The van der Waals surface area contributed by atoms with Gasteiger partial charge in [0.1, 0.15) is 11.8 Å². The van der Waals surface area contributed by atoms with Crippen LogP contribution in [0.25, 0.3) is 5.65 Å². The van der Waals surface area contributed by atoms with Gasteiger partial charge in [0.25, 0.3) is 5.91 Å². The van der Waals surface area contributed by atoms with Crippen molar-refractivity contribution in [2.24, 2.45) is 0 Å². The fourth-order valence-electron chi connectivity index (χ4n) is 3.42. The molecular formula is C17H21ClN4O2. The molecule has 1 atom stereocenters. The van der Waals surface area contributed by atoms with Gasteiger partial charge in [0, 0.05) is 51.7 Å². The van der Waals surface area contributed by atoms with Crippen molar-refractivity contribution in [2.75, 3.05) is 32.8 Å². The fraction of sp³-hybridized carbons (Fsp3) is 0.529. The van der Waals surface area contributed by atoms with Gasteiger partial charge in [-0.3, -0.25) is 9.69 Å². The normalized spacial score (nSPS) is 22.4. The minimum Gasteiger partial charge on any atom is -0.368 e. The third kappa shape index (κ3) is 3.27. The van der Waals surface area contributed by atoms with Gasteiger partial charge in [0.2, 0.25) is 0 Å². The predicted molar refractivity (Wildman–Crippen MR) is 91.0 cm³/mol. The molecule has 0 aromatic carbocycles. The molecule has 7 heteroatoms. The van der Waals surface area contributed by atoms with Gasteiger partial charge in [-0.1, -0.05) is 11.6 Å². The molecule has 4 heterocycles. The largest absolute Gasteiger partial charge is 0.368 e. The zero-order chi connectivity index (χ0) is 16.5. The number of piperazine rings is 1. The Bertz CT molecular complexity index is 733. The second kappa shape index (κ2) is 6.70. The highest BCUT2D eigenvalue weighted by molar-refractivity contribution is 6.30. The molecular weight excluding hydrogens is 328 g/mol. The summed E-state index contributed by atoms with van der Waals surface area (Å²) in [6, 6.07) is 3.77. The molecule has 0 aliphatic carbocycles. The van der Waals surface area contributed by atoms with Crippen molar-refractivity contribution in [1.29, 1.82) is 0 Å². The van der Waals surface area contributed by atoms with Gasteiger partial charge in [-0.05, 0) is 25.0 Å². The Labute approximate surface area is 146 Å². The number of halogens is 1. The number of amides is 1. The number of hydrogen-bond donors (Lipinski definition) is 0. The van der Waals surface area contributed by atoms with E-state index in [-0.39, 0.29) is 12.0 Å². The molecule has 2 aliphatic rings. The molecule has 24 heavy (non-hydrogen) atoms. The van der Waals surface area contributed by atoms with Gasteiger partial charge < -0.3 is 14.0 Å². The van der Waals surface area contributed by atoms with E-state index in [1.807, 2.05) is 33.8 Å². The molecule has 1 amide bonds. The van der Waals surface area contributed by atoms with Crippen LogP contribution in [-0.4, -0.2) is 64.0 Å². The van der Waals surface area contributed by atoms with E-state index >= 15 is 0 Å². The molecule has 128 valence electrons. The minimum atomic E-state index is -0.209. The van der Waals surface area contributed by atoms with E-state index < -0.39 is 0 Å². The first kappa shape index (κ1) is 15.9. The smallest absolute Gasteiger partial charge is 0.251 e. The number of hydrogen-bond acceptors (Lipinski definition) is 4. The Kier molecular flexibility index (Phi) is 4.43. The van der Waals surface area contributed by atoms with E-state index in [1.54, 1.807) is 0 Å². The van der Waals surface area contributed by atoms with Crippen molar-refractivity contribution < 1.29 is 9.53 Å². The van der Waals surface area contributed by atoms with E-state index in [0.29, 0.717) is 11.6 Å². The zero-order valence-electron chi connectivity index (χ0n) is 13.5. The topological polar surface area (TPSA) is 50.1 Å². The Balaban J connectivity index is 1.34. The van der Waals surface area contributed by atoms with Crippen LogP contribution in [0.15, 0.2) is 24.5 Å². The van der Waals surface area contributed by atoms with Crippen LogP contribution in [0.1, 0.15) is 18.5 Å². The molecule has 0 spiro atoms. The maximum atomic E-state index is 12.4. The van der Waals surface area contributed by atoms with Crippen LogP contribution >= 0.6 is 11.6 Å². The maximum Gasteiger partial charge on any atom is 0.251 e. The van der Waals surface area contributed by atoms with Crippen molar-refractivity contribution in [2.45, 2.75) is 25.5 Å². The first-order valence-corrected chi connectivity index (χ1v) is 8.83. The van der Waals surface area contributed by atoms with Crippen LogP contribution in [0, 0.1) is 0 Å². The SMILES string of the molecule is O=C(C1CCCO1)N1CCN(Cc2cn3cc(Cl)ccc3n2)CC1. The lowest BCUT2D eigenvalue weighted by Crippen LogP contribution is -2.51. The second-order valence-electron chi connectivity index (χ2n) is 6.45. The Morgan fingerprint density at radius 2 is 2.08 bits per heavy atom. The standard InChI is InChI=1S/C17H21ClN4O2/c18-13-3-4-16-19-14(12-22(16)10-13)11-20-5-7-21(8-6-20)17(23)15-2-1-9-24-15/h3-4,10,12,15H,1-2,5-9,11H2. The van der Waals surface area contributed by atoms with E-state index in [2.05, 4.69) is 9.88 Å². The quantitative estimate of drug-likeness (QED) is 0.849. The first-order valence-electron chi connectivity index (χ1n) is 8.45. The van der Waals surface area contributed by atoms with Gasteiger partial charge in [0.05, 0.1) is 10.7 Å². The predicted octanol–water partition coefficient (Wildman–Crippen LogP) is 1.81. The Morgan fingerprint density at radius 1 is 1.25 bits per heavy atom. The van der Waals surface area contributed by atoms with Gasteiger partial charge in [-0.2, -0.15) is 0 Å². The highest BCUT2D eigenvalue weighted by atomic mass is 35.5. The van der Waals surface area contributed by atoms with Crippen LogP contribution in [0.5, 0.6) is 0 Å². The Hall–Kier alpha value is -1.63. The summed E-state index contributed by atoms with van der Waals surface area (Å²) in [6.45, 7) is 4.77. The third-order valence-electron chi connectivity index (χ3n) is 4.74. The van der Waals surface area contributed by atoms with E-state index in [9.17, 15) is 4.79 Å². The summed E-state index contributed by atoms with van der Waals surface area (Å²) in [5.74, 6) is 0.162. The maximum absolute atomic E-state index is 12.4. The molecule has 6 nitrogen and oxygen atoms in total. The molecule has 0 bridgehead atoms. The molecule has 2 saturated heterocycles. The summed E-state index contributed by atoms with van der Waals surface area (Å²) in [5.41, 5.74) is 1.93. The van der Waals surface area contributed by atoms with E-state index in [0.717, 1.165) is 56.9 Å². The molecule has 0 N–H and O–H groups in total. The van der Waals surface area contributed by atoms with Crippen LogP contribution in [0.3, 0.4) is 0 Å². The summed E-state index contributed by atoms with van der Waals surface area (Å²) in [4.78, 5) is 21.3. The fourth-order valence-corrected chi connectivity index (χ4v) is 3.59. The molecule has 0 radical (unpaired) electrons. The van der Waals surface area contributed by atoms with Crippen molar-refractivity contribution in [1.82, 2.24) is 19.2 Å². The minimum absolute atomic E-state index is 0.162. The van der Waals surface area contributed by atoms with Crippen molar-refractivity contribution in [3.05, 3.63) is 35.2 Å². The summed E-state index contributed by atoms with van der Waals surface area (Å²) < 4.78 is 7.46. The van der Waals surface area contributed by atoms with Crippen LogP contribution in [-0.2, 0) is 16.1 Å². The number of ether oxygens (including phenoxy) is 1. The van der Waals surface area contributed by atoms with Crippen molar-refractivity contribution in [3.63, 3.8) is 0 Å². The highest BCUT2D eigenvalue weighted by Gasteiger charge is 2.30. The number of imidazole rings is 1. The van der Waals surface area contributed by atoms with Crippen molar-refractivity contribution in [3.8, 4) is 0 Å². The lowest BCUT2D eigenvalue weighted by molar-refractivity contribution is -0.142. The first-order chi connectivity index (χ1) is 11.7. The monoisotopic (exact) mass is 348 g/mol. The molecule has 2 aromatic heterocycles. The van der Waals surface area contributed by atoms with E-state index in [4.69, 9.17) is 16.3 Å². The van der Waals surface area contributed by atoms with Crippen LogP contribution in [0.2, 0.25) is 5.02 Å². The average Bonchev–Trinajstić information content (AvgIpc) is 3.23. The zero-order valence-corrected chi connectivity index (χ0v) is 14.3.